The van der Waals surface area contributed by atoms with Gasteiger partial charge in [0.25, 0.3) is 0 Å². The maximum Gasteiger partial charge on any atom is 0.164 e. The summed E-state index contributed by atoms with van der Waals surface area (Å²) in [5.74, 6) is 1.45. The van der Waals surface area contributed by atoms with Crippen LogP contribution in [0.5, 0.6) is 5.75 Å². The van der Waals surface area contributed by atoms with E-state index in [0.29, 0.717) is 5.82 Å². The molecule has 1 heterocycles. The van der Waals surface area contributed by atoms with E-state index in [1.54, 1.807) is 7.11 Å². The van der Waals surface area contributed by atoms with Gasteiger partial charge in [-0.3, -0.25) is 0 Å². The number of hydrogen-bond acceptors (Lipinski definition) is 3. The summed E-state index contributed by atoms with van der Waals surface area (Å²) in [6.07, 6.45) is 0. The van der Waals surface area contributed by atoms with Gasteiger partial charge in [-0.1, -0.05) is 12.1 Å². The smallest absolute Gasteiger partial charge is 0.164 e. The van der Waals surface area contributed by atoms with Gasteiger partial charge in [-0.15, -0.1) is 0 Å². The zero-order chi connectivity index (χ0) is 11.5. The van der Waals surface area contributed by atoms with Crippen molar-refractivity contribution in [1.29, 1.82) is 0 Å². The summed E-state index contributed by atoms with van der Waals surface area (Å²) in [4.78, 5) is 8.73. The molecule has 4 heteroatoms. The lowest BCUT2D eigenvalue weighted by molar-refractivity contribution is 0.416. The fourth-order valence-electron chi connectivity index (χ4n) is 1.48. The number of nitrogens with zero attached hydrogens (tertiary/aromatic N) is 2. The molecule has 0 saturated carbocycles. The van der Waals surface area contributed by atoms with Gasteiger partial charge in [-0.2, -0.15) is 0 Å². The average molecular weight is 279 g/mol. The molecule has 0 radical (unpaired) electrons. The maximum atomic E-state index is 5.28. The second kappa shape index (κ2) is 4.61. The first-order valence-electron chi connectivity index (χ1n) is 4.85. The molecule has 82 valence electrons. The van der Waals surface area contributed by atoms with E-state index in [0.717, 1.165) is 21.6 Å². The predicted octanol–water partition coefficient (Wildman–Crippen LogP) is 3.22. The highest BCUT2D eigenvalue weighted by Gasteiger charge is 2.08. The van der Waals surface area contributed by atoms with Crippen LogP contribution in [0.2, 0.25) is 0 Å². The van der Waals surface area contributed by atoms with Crippen molar-refractivity contribution in [1.82, 2.24) is 9.97 Å². The molecular weight excluding hydrogens is 268 g/mol. The molecule has 2 aromatic rings. The summed E-state index contributed by atoms with van der Waals surface area (Å²) in [5.41, 5.74) is 1.82. The molecule has 0 saturated heterocycles. The fourth-order valence-corrected chi connectivity index (χ4v) is 1.98. The Hall–Kier alpha value is -1.42. The molecule has 0 N–H and O–H groups in total. The summed E-state index contributed by atoms with van der Waals surface area (Å²) >= 11 is 3.36. The van der Waals surface area contributed by atoms with Gasteiger partial charge in [0.1, 0.15) is 10.4 Å². The maximum absolute atomic E-state index is 5.28. The van der Waals surface area contributed by atoms with Gasteiger partial charge >= 0.3 is 0 Å². The minimum atomic E-state index is 0.671. The molecule has 0 aliphatic carbocycles. The minimum Gasteiger partial charge on any atom is -0.496 e. The number of rotatable bonds is 2. The van der Waals surface area contributed by atoms with Crippen molar-refractivity contribution in [3.8, 4) is 17.1 Å². The van der Waals surface area contributed by atoms with Gasteiger partial charge in [0, 0.05) is 5.69 Å². The molecule has 0 unspecified atom stereocenters. The Labute approximate surface area is 103 Å². The third-order valence-electron chi connectivity index (χ3n) is 2.17. The summed E-state index contributed by atoms with van der Waals surface area (Å²) in [6, 6.07) is 9.58. The molecule has 0 fully saturated rings. The highest BCUT2D eigenvalue weighted by Crippen LogP contribution is 2.27. The number of para-hydroxylation sites is 1. The van der Waals surface area contributed by atoms with Crippen LogP contribution in [-0.2, 0) is 0 Å². The minimum absolute atomic E-state index is 0.671. The van der Waals surface area contributed by atoms with Gasteiger partial charge in [0.05, 0.1) is 12.7 Å². The van der Waals surface area contributed by atoms with E-state index in [-0.39, 0.29) is 0 Å². The van der Waals surface area contributed by atoms with Gasteiger partial charge < -0.3 is 4.74 Å². The first kappa shape index (κ1) is 11.1. The molecule has 2 rings (SSSR count). The standard InChI is InChI=1S/C12H11BrN2O/c1-8-7-11(13)15-12(14-8)9-5-3-4-6-10(9)16-2/h3-7H,1-2H3. The van der Waals surface area contributed by atoms with Crippen molar-refractivity contribution in [2.75, 3.05) is 7.11 Å². The third-order valence-corrected chi connectivity index (χ3v) is 2.58. The lowest BCUT2D eigenvalue weighted by Crippen LogP contribution is -1.95. The van der Waals surface area contributed by atoms with Crippen LogP contribution in [0.4, 0.5) is 0 Å². The average Bonchev–Trinajstić information content (AvgIpc) is 2.27. The van der Waals surface area contributed by atoms with Gasteiger partial charge in [-0.05, 0) is 41.1 Å². The lowest BCUT2D eigenvalue weighted by atomic mass is 10.2. The zero-order valence-corrected chi connectivity index (χ0v) is 10.7. The van der Waals surface area contributed by atoms with Crippen molar-refractivity contribution in [3.63, 3.8) is 0 Å². The molecular formula is C12H11BrN2O. The van der Waals surface area contributed by atoms with E-state index < -0.39 is 0 Å². The molecule has 0 aliphatic rings. The second-order valence-electron chi connectivity index (χ2n) is 3.36. The highest BCUT2D eigenvalue weighted by molar-refractivity contribution is 9.10. The number of ether oxygens (including phenoxy) is 1. The molecule has 0 atom stereocenters. The van der Waals surface area contributed by atoms with Crippen LogP contribution < -0.4 is 4.74 Å². The molecule has 0 bridgehead atoms. The second-order valence-corrected chi connectivity index (χ2v) is 4.17. The van der Waals surface area contributed by atoms with Crippen LogP contribution in [0.15, 0.2) is 34.9 Å². The van der Waals surface area contributed by atoms with E-state index in [4.69, 9.17) is 4.74 Å². The summed E-state index contributed by atoms with van der Waals surface area (Å²) in [5, 5.41) is 0. The fraction of sp³-hybridized carbons (Fsp3) is 0.167. The van der Waals surface area contributed by atoms with E-state index in [1.807, 2.05) is 37.3 Å². The monoisotopic (exact) mass is 278 g/mol. The normalized spacial score (nSPS) is 10.2. The molecule has 0 amide bonds. The molecule has 1 aromatic carbocycles. The largest absolute Gasteiger partial charge is 0.496 e. The third kappa shape index (κ3) is 2.22. The van der Waals surface area contributed by atoms with Crippen LogP contribution in [0.25, 0.3) is 11.4 Å². The summed E-state index contributed by atoms with van der Waals surface area (Å²) < 4.78 is 6.06. The van der Waals surface area contributed by atoms with E-state index in [1.165, 1.54) is 0 Å². The Kier molecular flexibility index (Phi) is 3.19. The van der Waals surface area contributed by atoms with Crippen molar-refractivity contribution in [2.24, 2.45) is 0 Å². The van der Waals surface area contributed by atoms with Crippen LogP contribution in [0.1, 0.15) is 5.69 Å². The molecule has 1 aromatic heterocycles. The van der Waals surface area contributed by atoms with Crippen molar-refractivity contribution in [3.05, 3.63) is 40.6 Å². The molecule has 16 heavy (non-hydrogen) atoms. The predicted molar refractivity (Wildman–Crippen MR) is 66.5 cm³/mol. The number of hydrogen-bond donors (Lipinski definition) is 0. The molecule has 0 aliphatic heterocycles. The number of aromatic nitrogens is 2. The lowest BCUT2D eigenvalue weighted by Gasteiger charge is -2.07. The number of methoxy groups -OCH3 is 1. The molecule has 0 spiro atoms. The van der Waals surface area contributed by atoms with Crippen LogP contribution in [-0.4, -0.2) is 17.1 Å². The first-order chi connectivity index (χ1) is 7.70. The Balaban J connectivity index is 2.58. The van der Waals surface area contributed by atoms with E-state index in [9.17, 15) is 0 Å². The van der Waals surface area contributed by atoms with Gasteiger partial charge in [0.15, 0.2) is 5.82 Å². The van der Waals surface area contributed by atoms with Crippen molar-refractivity contribution in [2.45, 2.75) is 6.92 Å². The van der Waals surface area contributed by atoms with Crippen LogP contribution >= 0.6 is 15.9 Å². The quantitative estimate of drug-likeness (QED) is 0.792. The van der Waals surface area contributed by atoms with E-state index >= 15 is 0 Å². The van der Waals surface area contributed by atoms with Crippen molar-refractivity contribution >= 4 is 15.9 Å². The SMILES string of the molecule is COc1ccccc1-c1nc(C)cc(Br)n1. The van der Waals surface area contributed by atoms with Crippen LogP contribution in [0, 0.1) is 6.92 Å². The number of benzene rings is 1. The Bertz CT molecular complexity index is 494. The first-order valence-corrected chi connectivity index (χ1v) is 5.64. The molecule has 3 nitrogen and oxygen atoms in total. The van der Waals surface area contributed by atoms with Crippen molar-refractivity contribution < 1.29 is 4.74 Å². The topological polar surface area (TPSA) is 35.0 Å². The summed E-state index contributed by atoms with van der Waals surface area (Å²) in [6.45, 7) is 1.94. The van der Waals surface area contributed by atoms with E-state index in [2.05, 4.69) is 25.9 Å². The van der Waals surface area contributed by atoms with Gasteiger partial charge in [0.2, 0.25) is 0 Å². The highest BCUT2D eigenvalue weighted by atomic mass is 79.9. The number of halogens is 1. The summed E-state index contributed by atoms with van der Waals surface area (Å²) in [7, 11) is 1.64. The van der Waals surface area contributed by atoms with Gasteiger partial charge in [-0.25, -0.2) is 9.97 Å². The zero-order valence-electron chi connectivity index (χ0n) is 9.07. The van der Waals surface area contributed by atoms with Crippen LogP contribution in [0.3, 0.4) is 0 Å². The Morgan fingerprint density at radius 1 is 1.19 bits per heavy atom. The number of aryl methyl sites for hydroxylation is 1. The Morgan fingerprint density at radius 3 is 2.62 bits per heavy atom. The Morgan fingerprint density at radius 2 is 1.94 bits per heavy atom.